The number of anilines is 1. The molecule has 0 bridgehead atoms. The van der Waals surface area contributed by atoms with Crippen molar-refractivity contribution in [3.05, 3.63) is 90.5 Å². The van der Waals surface area contributed by atoms with Crippen LogP contribution < -0.4 is 15.0 Å². The minimum absolute atomic E-state index is 0.0153. The van der Waals surface area contributed by atoms with Gasteiger partial charge in [-0.15, -0.1) is 0 Å². The van der Waals surface area contributed by atoms with Crippen LogP contribution in [-0.4, -0.2) is 60.2 Å². The largest absolute Gasteiger partial charge is 0.480 e. The molecule has 1 heterocycles. The fraction of sp³-hybridized carbons (Fsp3) is 0.276. The number of piperazine rings is 1. The normalized spacial score (nSPS) is 13.9. The highest BCUT2D eigenvalue weighted by Gasteiger charge is 2.25. The van der Waals surface area contributed by atoms with Crippen LogP contribution in [0.15, 0.2) is 84.9 Å². The number of carbonyl (C=O) groups is 3. The van der Waals surface area contributed by atoms with E-state index in [-0.39, 0.29) is 25.4 Å². The lowest BCUT2D eigenvalue weighted by Crippen LogP contribution is -2.49. The molecule has 2 amide bonds. The molecule has 3 aromatic carbocycles. The molecule has 0 aliphatic carbocycles. The Bertz CT molecular complexity index is 1200. The monoisotopic (exact) mass is 517 g/mol. The lowest BCUT2D eigenvalue weighted by atomic mass is 10.1. The molecule has 1 aliphatic rings. The van der Waals surface area contributed by atoms with Crippen LogP contribution in [0, 0.1) is 0 Å². The van der Waals surface area contributed by atoms with Gasteiger partial charge in [-0.2, -0.15) is 0 Å². The number of rotatable bonds is 10. The zero-order chi connectivity index (χ0) is 26.7. The summed E-state index contributed by atoms with van der Waals surface area (Å²) < 4.78 is 10.9. The summed E-state index contributed by atoms with van der Waals surface area (Å²) in [5.41, 5.74) is 1.84. The third-order valence-corrected chi connectivity index (χ3v) is 6.26. The van der Waals surface area contributed by atoms with E-state index >= 15 is 0 Å². The van der Waals surface area contributed by atoms with Gasteiger partial charge in [0.1, 0.15) is 24.1 Å². The van der Waals surface area contributed by atoms with Crippen LogP contribution in [0.4, 0.5) is 10.5 Å². The van der Waals surface area contributed by atoms with Gasteiger partial charge in [0.25, 0.3) is 0 Å². The second-order valence-corrected chi connectivity index (χ2v) is 8.91. The number of benzene rings is 3. The van der Waals surface area contributed by atoms with Gasteiger partial charge in [0, 0.05) is 38.3 Å². The van der Waals surface area contributed by atoms with Crippen LogP contribution in [0.25, 0.3) is 0 Å². The molecule has 0 saturated carbocycles. The summed E-state index contributed by atoms with van der Waals surface area (Å²) in [4.78, 5) is 40.3. The first-order valence-electron chi connectivity index (χ1n) is 12.5. The van der Waals surface area contributed by atoms with Gasteiger partial charge in [-0.3, -0.25) is 4.79 Å². The molecule has 4 rings (SSSR count). The first-order chi connectivity index (χ1) is 18.5. The van der Waals surface area contributed by atoms with E-state index in [0.29, 0.717) is 26.2 Å². The number of alkyl carbamates (subject to hydrolysis) is 1. The molecule has 0 spiro atoms. The van der Waals surface area contributed by atoms with Gasteiger partial charge < -0.3 is 29.7 Å². The molecule has 9 nitrogen and oxygen atoms in total. The standard InChI is InChI=1S/C29H31N3O6/c33-27(16-15-26(28(34)35)30-29(36)37-21-22-7-3-1-4-8-22)32-19-17-31(18-20-32)23-11-13-25(14-12-23)38-24-9-5-2-6-10-24/h1-14,26H,15-21H2,(H,30,36)(H,34,35)/t26-/m0/s1. The molecule has 1 aliphatic heterocycles. The predicted octanol–water partition coefficient (Wildman–Crippen LogP) is 4.29. The van der Waals surface area contributed by atoms with Crippen molar-refractivity contribution in [3.63, 3.8) is 0 Å². The van der Waals surface area contributed by atoms with Crippen molar-refractivity contribution in [2.75, 3.05) is 31.1 Å². The zero-order valence-corrected chi connectivity index (χ0v) is 21.0. The molecule has 3 aromatic rings. The summed E-state index contributed by atoms with van der Waals surface area (Å²) in [5.74, 6) is 0.178. The Morgan fingerprint density at radius 1 is 0.816 bits per heavy atom. The Morgan fingerprint density at radius 2 is 1.42 bits per heavy atom. The average Bonchev–Trinajstić information content (AvgIpc) is 2.95. The summed E-state index contributed by atoms with van der Waals surface area (Å²) in [6.07, 6.45) is -0.832. The van der Waals surface area contributed by atoms with Crippen molar-refractivity contribution in [1.29, 1.82) is 0 Å². The van der Waals surface area contributed by atoms with E-state index in [4.69, 9.17) is 9.47 Å². The highest BCUT2D eigenvalue weighted by molar-refractivity contribution is 5.82. The first kappa shape index (κ1) is 26.5. The Kier molecular flexibility index (Phi) is 9.17. The number of nitrogens with zero attached hydrogens (tertiary/aromatic N) is 2. The van der Waals surface area contributed by atoms with Crippen LogP contribution in [0.2, 0.25) is 0 Å². The first-order valence-corrected chi connectivity index (χ1v) is 12.5. The number of hydrogen-bond acceptors (Lipinski definition) is 6. The second kappa shape index (κ2) is 13.1. The minimum atomic E-state index is -1.21. The van der Waals surface area contributed by atoms with Gasteiger partial charge in [0.2, 0.25) is 5.91 Å². The summed E-state index contributed by atoms with van der Waals surface area (Å²) in [7, 11) is 0. The maximum Gasteiger partial charge on any atom is 0.408 e. The third kappa shape index (κ3) is 7.73. The molecule has 198 valence electrons. The zero-order valence-electron chi connectivity index (χ0n) is 21.0. The fourth-order valence-electron chi connectivity index (χ4n) is 4.15. The quantitative estimate of drug-likeness (QED) is 0.413. The summed E-state index contributed by atoms with van der Waals surface area (Å²) in [6, 6.07) is 25.3. The van der Waals surface area contributed by atoms with E-state index in [9.17, 15) is 19.5 Å². The van der Waals surface area contributed by atoms with Gasteiger partial charge in [-0.1, -0.05) is 48.5 Å². The Morgan fingerprint density at radius 3 is 2.05 bits per heavy atom. The lowest BCUT2D eigenvalue weighted by molar-refractivity contribution is -0.140. The predicted molar refractivity (Wildman–Crippen MR) is 142 cm³/mol. The number of amides is 2. The van der Waals surface area contributed by atoms with E-state index in [2.05, 4.69) is 10.2 Å². The molecule has 0 radical (unpaired) electrons. The Balaban J connectivity index is 1.19. The molecule has 2 N–H and O–H groups in total. The molecule has 1 atom stereocenters. The average molecular weight is 518 g/mol. The van der Waals surface area contributed by atoms with Crippen molar-refractivity contribution in [1.82, 2.24) is 10.2 Å². The number of nitrogens with one attached hydrogen (secondary N) is 1. The van der Waals surface area contributed by atoms with E-state index in [1.807, 2.05) is 72.8 Å². The van der Waals surface area contributed by atoms with Gasteiger partial charge in [0.05, 0.1) is 0 Å². The highest BCUT2D eigenvalue weighted by atomic mass is 16.5. The smallest absolute Gasteiger partial charge is 0.408 e. The van der Waals surface area contributed by atoms with Crippen molar-refractivity contribution in [2.45, 2.75) is 25.5 Å². The molecule has 38 heavy (non-hydrogen) atoms. The van der Waals surface area contributed by atoms with Gasteiger partial charge >= 0.3 is 12.1 Å². The number of aliphatic carboxylic acids is 1. The second-order valence-electron chi connectivity index (χ2n) is 8.91. The van der Waals surface area contributed by atoms with Crippen molar-refractivity contribution in [2.24, 2.45) is 0 Å². The number of hydrogen-bond donors (Lipinski definition) is 2. The van der Waals surface area contributed by atoms with Crippen LogP contribution in [0.5, 0.6) is 11.5 Å². The lowest BCUT2D eigenvalue weighted by Gasteiger charge is -2.36. The maximum absolute atomic E-state index is 12.7. The van der Waals surface area contributed by atoms with Gasteiger partial charge in [-0.05, 0) is 48.4 Å². The highest BCUT2D eigenvalue weighted by Crippen LogP contribution is 2.25. The molecule has 1 saturated heterocycles. The third-order valence-electron chi connectivity index (χ3n) is 6.26. The molecular weight excluding hydrogens is 486 g/mol. The van der Waals surface area contributed by atoms with E-state index in [0.717, 1.165) is 22.7 Å². The SMILES string of the molecule is O=C(N[C@@H](CCC(=O)N1CCN(c2ccc(Oc3ccccc3)cc2)CC1)C(=O)O)OCc1ccccc1. The van der Waals surface area contributed by atoms with Crippen molar-refractivity contribution < 1.29 is 29.0 Å². The number of carboxylic acids is 1. The van der Waals surface area contributed by atoms with Crippen molar-refractivity contribution in [3.8, 4) is 11.5 Å². The maximum atomic E-state index is 12.7. The molecule has 1 fully saturated rings. The molecule has 9 heteroatoms. The van der Waals surface area contributed by atoms with E-state index < -0.39 is 18.1 Å². The van der Waals surface area contributed by atoms with Crippen LogP contribution >= 0.6 is 0 Å². The number of carboxylic acid groups (broad SMARTS) is 1. The number of carbonyl (C=O) groups excluding carboxylic acids is 2. The molecule has 0 unspecified atom stereocenters. The fourth-order valence-corrected chi connectivity index (χ4v) is 4.15. The topological polar surface area (TPSA) is 108 Å². The van der Waals surface area contributed by atoms with Crippen LogP contribution in [-0.2, 0) is 20.9 Å². The summed E-state index contributed by atoms with van der Waals surface area (Å²) >= 11 is 0. The number of ether oxygens (including phenoxy) is 2. The summed E-state index contributed by atoms with van der Waals surface area (Å²) in [6.45, 7) is 2.43. The van der Waals surface area contributed by atoms with Crippen LogP contribution in [0.3, 0.4) is 0 Å². The van der Waals surface area contributed by atoms with E-state index in [1.165, 1.54) is 0 Å². The van der Waals surface area contributed by atoms with Crippen molar-refractivity contribution >= 4 is 23.7 Å². The minimum Gasteiger partial charge on any atom is -0.480 e. The number of para-hydroxylation sites is 1. The Hall–Kier alpha value is -4.53. The van der Waals surface area contributed by atoms with Gasteiger partial charge in [0.15, 0.2) is 0 Å². The Labute approximate surface area is 221 Å². The van der Waals surface area contributed by atoms with E-state index in [1.54, 1.807) is 17.0 Å². The molecule has 0 aromatic heterocycles. The summed E-state index contributed by atoms with van der Waals surface area (Å²) in [5, 5.41) is 11.8. The van der Waals surface area contributed by atoms with Gasteiger partial charge in [-0.25, -0.2) is 9.59 Å². The van der Waals surface area contributed by atoms with Crippen LogP contribution in [0.1, 0.15) is 18.4 Å². The molecular formula is C29H31N3O6.